The molecule has 2 aliphatic rings. The molecule has 1 amide bonds. The van der Waals surface area contributed by atoms with Crippen molar-refractivity contribution in [2.24, 2.45) is 0 Å². The van der Waals surface area contributed by atoms with E-state index >= 15 is 0 Å². The zero-order valence-electron chi connectivity index (χ0n) is 26.2. The quantitative estimate of drug-likeness (QED) is 0.185. The fourth-order valence-electron chi connectivity index (χ4n) is 6.86. The Balaban J connectivity index is 1.02. The number of fused-ring (bicyclic) bond motifs is 3. The highest BCUT2D eigenvalue weighted by atomic mass is 32.1. The van der Waals surface area contributed by atoms with Crippen LogP contribution in [0.25, 0.3) is 21.3 Å². The molecule has 0 saturated carbocycles. The van der Waals surface area contributed by atoms with Gasteiger partial charge in [0.25, 0.3) is 5.91 Å². The van der Waals surface area contributed by atoms with Gasteiger partial charge in [-0.25, -0.2) is 14.8 Å². The standard InChI is InChI=1S/C39H33N5O3S/c45-37(42-39-40-33-11-4-5-12-34(33)48-39)31-10-6-9-26-18-20-44(24-32(26)31)35-16-15-30(36(41-35)38(46)47)28-13-14-29-23-43(19-17-27(29)21-28)22-25-7-2-1-3-8-25/h1-16,21H,17-20,22-24H2,(H,46,47)(H,40,42,45). The van der Waals surface area contributed by atoms with Crippen LogP contribution in [0.5, 0.6) is 0 Å². The van der Waals surface area contributed by atoms with Crippen LogP contribution in [0.15, 0.2) is 103 Å². The summed E-state index contributed by atoms with van der Waals surface area (Å²) in [5.41, 5.74) is 8.78. The van der Waals surface area contributed by atoms with Gasteiger partial charge in [0, 0.05) is 43.9 Å². The van der Waals surface area contributed by atoms with Crippen LogP contribution in [0.4, 0.5) is 10.9 Å². The van der Waals surface area contributed by atoms with E-state index in [1.54, 1.807) is 0 Å². The number of aromatic nitrogens is 2. The smallest absolute Gasteiger partial charge is 0.355 e. The molecule has 0 radical (unpaired) electrons. The second-order valence-electron chi connectivity index (χ2n) is 12.4. The highest BCUT2D eigenvalue weighted by Crippen LogP contribution is 2.33. The van der Waals surface area contributed by atoms with Gasteiger partial charge in [-0.3, -0.25) is 15.0 Å². The van der Waals surface area contributed by atoms with Crippen LogP contribution in [-0.2, 0) is 32.5 Å². The van der Waals surface area contributed by atoms with Crippen molar-refractivity contribution >= 4 is 44.4 Å². The Morgan fingerprint density at radius 2 is 1.62 bits per heavy atom. The Hall–Kier alpha value is -5.38. The number of hydrogen-bond donors (Lipinski definition) is 2. The van der Waals surface area contributed by atoms with Gasteiger partial charge in [0.2, 0.25) is 0 Å². The maximum Gasteiger partial charge on any atom is 0.355 e. The Kier molecular flexibility index (Phi) is 7.92. The lowest BCUT2D eigenvalue weighted by atomic mass is 9.93. The first-order valence-electron chi connectivity index (χ1n) is 16.1. The lowest BCUT2D eigenvalue weighted by molar-refractivity contribution is 0.0691. The molecule has 0 bridgehead atoms. The highest BCUT2D eigenvalue weighted by molar-refractivity contribution is 7.22. The minimum atomic E-state index is -1.06. The molecule has 2 N–H and O–H groups in total. The summed E-state index contributed by atoms with van der Waals surface area (Å²) >= 11 is 1.45. The molecule has 48 heavy (non-hydrogen) atoms. The van der Waals surface area contributed by atoms with E-state index in [0.29, 0.717) is 35.2 Å². The van der Waals surface area contributed by atoms with Crippen molar-refractivity contribution in [3.05, 3.63) is 142 Å². The third-order valence-electron chi connectivity index (χ3n) is 9.30. The minimum absolute atomic E-state index is 0.0293. The number of amides is 1. The van der Waals surface area contributed by atoms with Crippen LogP contribution < -0.4 is 10.2 Å². The van der Waals surface area contributed by atoms with Gasteiger partial charge in [0.15, 0.2) is 10.8 Å². The number of nitrogens with one attached hydrogen (secondary N) is 1. The largest absolute Gasteiger partial charge is 0.476 e. The van der Waals surface area contributed by atoms with Crippen molar-refractivity contribution in [1.29, 1.82) is 0 Å². The number of anilines is 2. The predicted octanol–water partition coefficient (Wildman–Crippen LogP) is 7.43. The first-order valence-corrected chi connectivity index (χ1v) is 17.0. The molecule has 238 valence electrons. The maximum absolute atomic E-state index is 13.5. The van der Waals surface area contributed by atoms with Gasteiger partial charge in [-0.05, 0) is 76.6 Å². The predicted molar refractivity (Wildman–Crippen MR) is 190 cm³/mol. The van der Waals surface area contributed by atoms with E-state index in [1.807, 2.05) is 60.7 Å². The molecule has 4 heterocycles. The van der Waals surface area contributed by atoms with E-state index < -0.39 is 5.97 Å². The van der Waals surface area contributed by atoms with Gasteiger partial charge < -0.3 is 10.0 Å². The number of hydrogen-bond acceptors (Lipinski definition) is 7. The van der Waals surface area contributed by atoms with Crippen molar-refractivity contribution in [2.45, 2.75) is 32.5 Å². The summed E-state index contributed by atoms with van der Waals surface area (Å²) in [4.78, 5) is 39.8. The molecule has 0 atom stereocenters. The lowest BCUT2D eigenvalue weighted by Gasteiger charge is -2.31. The molecule has 0 aliphatic carbocycles. The lowest BCUT2D eigenvalue weighted by Crippen LogP contribution is -2.33. The SMILES string of the molecule is O=C(Nc1nc2ccccc2s1)c1cccc2c1CN(c1ccc(-c3ccc4c(c3)CCN(Cc3ccccc3)C4)c(C(=O)O)n1)CC2. The van der Waals surface area contributed by atoms with Gasteiger partial charge in [-0.1, -0.05) is 84.1 Å². The van der Waals surface area contributed by atoms with E-state index in [0.717, 1.165) is 59.4 Å². The molecule has 8 rings (SSSR count). The summed E-state index contributed by atoms with van der Waals surface area (Å²) in [5.74, 6) is -0.692. The van der Waals surface area contributed by atoms with E-state index in [9.17, 15) is 14.7 Å². The third kappa shape index (κ3) is 5.94. The number of thiazole rings is 1. The number of nitrogens with zero attached hydrogens (tertiary/aromatic N) is 4. The van der Waals surface area contributed by atoms with Crippen molar-refractivity contribution in [3.63, 3.8) is 0 Å². The number of carboxylic acid groups (broad SMARTS) is 1. The monoisotopic (exact) mass is 651 g/mol. The minimum Gasteiger partial charge on any atom is -0.476 e. The fourth-order valence-corrected chi connectivity index (χ4v) is 7.72. The van der Waals surface area contributed by atoms with E-state index in [-0.39, 0.29) is 11.6 Å². The van der Waals surface area contributed by atoms with E-state index in [1.165, 1.54) is 28.0 Å². The molecule has 2 aromatic heterocycles. The molecule has 0 spiro atoms. The number of para-hydroxylation sites is 1. The van der Waals surface area contributed by atoms with Crippen LogP contribution in [0, 0.1) is 0 Å². The average Bonchev–Trinajstić information content (AvgIpc) is 3.53. The second kappa shape index (κ2) is 12.7. The molecule has 6 aromatic rings. The number of carbonyl (C=O) groups excluding carboxylic acids is 1. The normalized spacial score (nSPS) is 14.4. The Labute approximate surface area is 282 Å². The second-order valence-corrected chi connectivity index (χ2v) is 13.4. The number of carboxylic acids is 1. The Morgan fingerprint density at radius 1 is 0.792 bits per heavy atom. The molecule has 9 heteroatoms. The van der Waals surface area contributed by atoms with Gasteiger partial charge in [-0.15, -0.1) is 0 Å². The number of aromatic carboxylic acids is 1. The van der Waals surface area contributed by atoms with Crippen molar-refractivity contribution in [1.82, 2.24) is 14.9 Å². The molecule has 4 aromatic carbocycles. The van der Waals surface area contributed by atoms with Crippen LogP contribution >= 0.6 is 11.3 Å². The first-order chi connectivity index (χ1) is 23.5. The van der Waals surface area contributed by atoms with Gasteiger partial charge in [0.05, 0.1) is 10.2 Å². The zero-order valence-corrected chi connectivity index (χ0v) is 27.0. The van der Waals surface area contributed by atoms with Crippen molar-refractivity contribution < 1.29 is 14.7 Å². The summed E-state index contributed by atoms with van der Waals surface area (Å²) in [5, 5.41) is 13.8. The van der Waals surface area contributed by atoms with Crippen LogP contribution in [0.1, 0.15) is 48.7 Å². The molecule has 0 unspecified atom stereocenters. The first kappa shape index (κ1) is 30.0. The average molecular weight is 652 g/mol. The highest BCUT2D eigenvalue weighted by Gasteiger charge is 2.26. The van der Waals surface area contributed by atoms with Crippen LogP contribution in [0.2, 0.25) is 0 Å². The number of benzene rings is 4. The molecule has 8 nitrogen and oxygen atoms in total. The molecular formula is C39H33N5O3S. The fraction of sp³-hybridized carbons (Fsp3) is 0.179. The summed E-state index contributed by atoms with van der Waals surface area (Å²) in [6.07, 6.45) is 1.63. The van der Waals surface area contributed by atoms with Crippen LogP contribution in [-0.4, -0.2) is 44.9 Å². The van der Waals surface area contributed by atoms with Crippen LogP contribution in [0.3, 0.4) is 0 Å². The number of carbonyl (C=O) groups is 2. The van der Waals surface area contributed by atoms with Gasteiger partial charge >= 0.3 is 5.97 Å². The van der Waals surface area contributed by atoms with Crippen molar-refractivity contribution in [3.8, 4) is 11.1 Å². The maximum atomic E-state index is 13.5. The Morgan fingerprint density at radius 3 is 2.48 bits per heavy atom. The summed E-state index contributed by atoms with van der Waals surface area (Å²) in [7, 11) is 0. The summed E-state index contributed by atoms with van der Waals surface area (Å²) < 4.78 is 1.01. The van der Waals surface area contributed by atoms with Gasteiger partial charge in [-0.2, -0.15) is 0 Å². The molecule has 0 saturated heterocycles. The zero-order chi connectivity index (χ0) is 32.6. The topological polar surface area (TPSA) is 98.7 Å². The third-order valence-corrected chi connectivity index (χ3v) is 10.2. The number of rotatable bonds is 7. The Bertz CT molecular complexity index is 2150. The summed E-state index contributed by atoms with van der Waals surface area (Å²) in [6, 6.07) is 34.2. The van der Waals surface area contributed by atoms with E-state index in [4.69, 9.17) is 4.98 Å². The molecule has 2 aliphatic heterocycles. The molecular weight excluding hydrogens is 619 g/mol. The molecule has 0 fully saturated rings. The van der Waals surface area contributed by atoms with Gasteiger partial charge in [0.1, 0.15) is 5.82 Å². The van der Waals surface area contributed by atoms with E-state index in [2.05, 4.69) is 62.6 Å². The number of pyridine rings is 1. The van der Waals surface area contributed by atoms with Crippen molar-refractivity contribution in [2.75, 3.05) is 23.3 Å². The summed E-state index contributed by atoms with van der Waals surface area (Å²) in [6.45, 7) is 3.84.